The van der Waals surface area contributed by atoms with E-state index in [0.717, 1.165) is 19.3 Å². The average molecular weight is 271 g/mol. The van der Waals surface area contributed by atoms with Crippen molar-refractivity contribution in [1.82, 2.24) is 0 Å². The van der Waals surface area contributed by atoms with Crippen molar-refractivity contribution in [1.29, 1.82) is 0 Å². The molecular weight excluding hydrogens is 251 g/mol. The Kier molecular flexibility index (Phi) is 4.29. The van der Waals surface area contributed by atoms with Crippen molar-refractivity contribution in [3.63, 3.8) is 0 Å². The monoisotopic (exact) mass is 270 g/mol. The van der Waals surface area contributed by atoms with E-state index in [-0.39, 0.29) is 10.9 Å². The molecule has 1 fully saturated rings. The van der Waals surface area contributed by atoms with Crippen LogP contribution in [0.5, 0.6) is 0 Å². The highest BCUT2D eigenvalue weighted by Crippen LogP contribution is 2.41. The van der Waals surface area contributed by atoms with Crippen LogP contribution in [0, 0.1) is 23.6 Å². The summed E-state index contributed by atoms with van der Waals surface area (Å²) >= 11 is 5.94. The van der Waals surface area contributed by atoms with Crippen LogP contribution in [0.15, 0.2) is 18.2 Å². The van der Waals surface area contributed by atoms with E-state index in [1.807, 2.05) is 0 Å². The normalized spacial score (nSPS) is 30.2. The molecule has 0 amide bonds. The molecule has 3 heteroatoms. The molecule has 0 saturated heterocycles. The second kappa shape index (κ2) is 5.58. The average Bonchev–Trinajstić information content (AvgIpc) is 2.35. The Labute approximate surface area is 113 Å². The second-order valence-electron chi connectivity index (χ2n) is 5.62. The molecule has 1 aliphatic carbocycles. The Morgan fingerprint density at radius 2 is 2.00 bits per heavy atom. The zero-order valence-corrected chi connectivity index (χ0v) is 11.6. The fourth-order valence-electron chi connectivity index (χ4n) is 2.88. The number of hydrogen-bond donors (Lipinski definition) is 1. The van der Waals surface area contributed by atoms with Crippen molar-refractivity contribution in [2.45, 2.75) is 39.2 Å². The van der Waals surface area contributed by atoms with E-state index in [9.17, 15) is 9.50 Å². The first-order valence-electron chi connectivity index (χ1n) is 6.62. The van der Waals surface area contributed by atoms with Crippen molar-refractivity contribution in [2.24, 2.45) is 17.8 Å². The number of hydrogen-bond acceptors (Lipinski definition) is 1. The summed E-state index contributed by atoms with van der Waals surface area (Å²) in [5.74, 6) is 1.04. The van der Waals surface area contributed by atoms with Gasteiger partial charge >= 0.3 is 0 Å². The number of halogens is 2. The van der Waals surface area contributed by atoms with Crippen LogP contribution in [-0.2, 0) is 0 Å². The molecule has 0 heterocycles. The van der Waals surface area contributed by atoms with Gasteiger partial charge in [0.2, 0.25) is 0 Å². The zero-order chi connectivity index (χ0) is 13.3. The molecule has 100 valence electrons. The molecular formula is C15H20ClFO. The topological polar surface area (TPSA) is 20.2 Å². The molecule has 0 spiro atoms. The van der Waals surface area contributed by atoms with Gasteiger partial charge in [0.05, 0.1) is 11.1 Å². The van der Waals surface area contributed by atoms with Gasteiger partial charge in [0, 0.05) is 5.56 Å². The first-order chi connectivity index (χ1) is 8.50. The lowest BCUT2D eigenvalue weighted by Crippen LogP contribution is -2.25. The first kappa shape index (κ1) is 13.8. The first-order valence-corrected chi connectivity index (χ1v) is 7.00. The Hall–Kier alpha value is -0.600. The molecule has 1 N–H and O–H groups in total. The van der Waals surface area contributed by atoms with Gasteiger partial charge < -0.3 is 5.11 Å². The van der Waals surface area contributed by atoms with Gasteiger partial charge in [-0.15, -0.1) is 0 Å². The minimum Gasteiger partial charge on any atom is -0.388 e. The standard InChI is InChI=1S/C15H20ClFO/c1-9-6-7-11(8-10(9)2)15(18)12-4-3-5-13(17)14(12)16/h3-5,9-11,15,18H,6-8H2,1-2H3. The number of rotatable bonds is 2. The van der Waals surface area contributed by atoms with Gasteiger partial charge in [-0.2, -0.15) is 0 Å². The lowest BCUT2D eigenvalue weighted by Gasteiger charge is -2.35. The summed E-state index contributed by atoms with van der Waals surface area (Å²) in [6.45, 7) is 4.47. The molecule has 0 bridgehead atoms. The summed E-state index contributed by atoms with van der Waals surface area (Å²) in [5, 5.41) is 10.5. The Morgan fingerprint density at radius 1 is 1.28 bits per heavy atom. The molecule has 4 atom stereocenters. The Balaban J connectivity index is 2.16. The molecule has 1 aromatic rings. The third kappa shape index (κ3) is 2.70. The van der Waals surface area contributed by atoms with Crippen LogP contribution < -0.4 is 0 Å². The van der Waals surface area contributed by atoms with Crippen LogP contribution >= 0.6 is 11.6 Å². The van der Waals surface area contributed by atoms with Gasteiger partial charge in [0.1, 0.15) is 5.82 Å². The van der Waals surface area contributed by atoms with Gasteiger partial charge in [-0.1, -0.05) is 44.0 Å². The van der Waals surface area contributed by atoms with Crippen LogP contribution in [-0.4, -0.2) is 5.11 Å². The molecule has 1 aromatic carbocycles. The van der Waals surface area contributed by atoms with Gasteiger partial charge in [-0.25, -0.2) is 4.39 Å². The number of benzene rings is 1. The van der Waals surface area contributed by atoms with E-state index < -0.39 is 11.9 Å². The minimum absolute atomic E-state index is 0.0660. The lowest BCUT2D eigenvalue weighted by molar-refractivity contribution is 0.0560. The predicted octanol–water partition coefficient (Wildman–Crippen LogP) is 4.58. The van der Waals surface area contributed by atoms with Crippen molar-refractivity contribution >= 4 is 11.6 Å². The van der Waals surface area contributed by atoms with E-state index in [4.69, 9.17) is 11.6 Å². The third-order valence-corrected chi connectivity index (χ3v) is 4.78. The molecule has 0 radical (unpaired) electrons. The highest BCUT2D eigenvalue weighted by atomic mass is 35.5. The smallest absolute Gasteiger partial charge is 0.142 e. The van der Waals surface area contributed by atoms with E-state index in [2.05, 4.69) is 13.8 Å². The quantitative estimate of drug-likeness (QED) is 0.834. The van der Waals surface area contributed by atoms with Crippen LogP contribution in [0.1, 0.15) is 44.8 Å². The molecule has 0 aliphatic heterocycles. The fraction of sp³-hybridized carbons (Fsp3) is 0.600. The predicted molar refractivity (Wildman–Crippen MR) is 72.0 cm³/mol. The molecule has 4 unspecified atom stereocenters. The largest absolute Gasteiger partial charge is 0.388 e. The highest BCUT2D eigenvalue weighted by molar-refractivity contribution is 6.31. The highest BCUT2D eigenvalue weighted by Gasteiger charge is 2.31. The van der Waals surface area contributed by atoms with E-state index in [0.29, 0.717) is 17.4 Å². The Bertz CT molecular complexity index is 421. The van der Waals surface area contributed by atoms with Crippen LogP contribution in [0.3, 0.4) is 0 Å². The molecule has 18 heavy (non-hydrogen) atoms. The Morgan fingerprint density at radius 3 is 2.67 bits per heavy atom. The van der Waals surface area contributed by atoms with Crippen molar-refractivity contribution in [2.75, 3.05) is 0 Å². The van der Waals surface area contributed by atoms with E-state index in [1.165, 1.54) is 6.07 Å². The third-order valence-electron chi connectivity index (χ3n) is 4.39. The summed E-state index contributed by atoms with van der Waals surface area (Å²) in [7, 11) is 0. The van der Waals surface area contributed by atoms with Gasteiger partial charge in [0.25, 0.3) is 0 Å². The second-order valence-corrected chi connectivity index (χ2v) is 5.99. The minimum atomic E-state index is -0.650. The van der Waals surface area contributed by atoms with Gasteiger partial charge in [0.15, 0.2) is 0 Å². The van der Waals surface area contributed by atoms with Crippen molar-refractivity contribution in [3.05, 3.63) is 34.6 Å². The summed E-state index contributed by atoms with van der Waals surface area (Å²) in [6, 6.07) is 4.65. The van der Waals surface area contributed by atoms with Gasteiger partial charge in [-0.05, 0) is 36.7 Å². The summed E-state index contributed by atoms with van der Waals surface area (Å²) in [5.41, 5.74) is 0.531. The molecule has 2 rings (SSSR count). The van der Waals surface area contributed by atoms with Crippen molar-refractivity contribution < 1.29 is 9.50 Å². The maximum Gasteiger partial charge on any atom is 0.142 e. The summed E-state index contributed by atoms with van der Waals surface area (Å²) in [6.07, 6.45) is 2.44. The maximum absolute atomic E-state index is 13.4. The van der Waals surface area contributed by atoms with Crippen LogP contribution in [0.4, 0.5) is 4.39 Å². The molecule has 1 nitrogen and oxygen atoms in total. The molecule has 1 saturated carbocycles. The maximum atomic E-state index is 13.4. The van der Waals surface area contributed by atoms with Crippen LogP contribution in [0.25, 0.3) is 0 Å². The van der Waals surface area contributed by atoms with Crippen LogP contribution in [0.2, 0.25) is 5.02 Å². The van der Waals surface area contributed by atoms with Gasteiger partial charge in [-0.3, -0.25) is 0 Å². The summed E-state index contributed by atoms with van der Waals surface area (Å²) < 4.78 is 13.4. The number of aliphatic hydroxyl groups excluding tert-OH is 1. The lowest BCUT2D eigenvalue weighted by atomic mass is 9.73. The number of aliphatic hydroxyl groups is 1. The molecule has 1 aliphatic rings. The molecule has 0 aromatic heterocycles. The zero-order valence-electron chi connectivity index (χ0n) is 10.9. The van der Waals surface area contributed by atoms with E-state index >= 15 is 0 Å². The SMILES string of the molecule is CC1CCC(C(O)c2cccc(F)c2Cl)CC1C. The van der Waals surface area contributed by atoms with Crippen molar-refractivity contribution in [3.8, 4) is 0 Å². The fourth-order valence-corrected chi connectivity index (χ4v) is 3.12. The van der Waals surface area contributed by atoms with E-state index in [1.54, 1.807) is 12.1 Å². The summed E-state index contributed by atoms with van der Waals surface area (Å²) in [4.78, 5) is 0.